The number of anilines is 1. The largest absolute Gasteiger partial charge is 0.350 e. The van der Waals surface area contributed by atoms with Crippen molar-refractivity contribution < 1.29 is 9.59 Å². The number of hydrogen-bond donors (Lipinski definition) is 1. The second kappa shape index (κ2) is 8.38. The van der Waals surface area contributed by atoms with Crippen molar-refractivity contribution in [3.63, 3.8) is 0 Å². The highest BCUT2D eigenvalue weighted by molar-refractivity contribution is 6.36. The zero-order valence-corrected chi connectivity index (χ0v) is 15.1. The standard InChI is InChI=1S/C17H15Cl3N2O2/c1-11(23)22(16-7-6-14(19)8-15(16)20)10-17(24)21-9-12-2-4-13(18)5-3-12/h2-8H,9-10H2,1H3,(H,21,24). The Morgan fingerprint density at radius 2 is 1.62 bits per heavy atom. The highest BCUT2D eigenvalue weighted by Crippen LogP contribution is 2.28. The Hall–Kier alpha value is -1.75. The summed E-state index contributed by atoms with van der Waals surface area (Å²) in [5.74, 6) is -0.591. The first-order valence-electron chi connectivity index (χ1n) is 7.11. The Bertz CT molecular complexity index is 748. The minimum atomic E-state index is -0.300. The zero-order valence-electron chi connectivity index (χ0n) is 12.9. The van der Waals surface area contributed by atoms with Crippen LogP contribution in [0.3, 0.4) is 0 Å². The van der Waals surface area contributed by atoms with Crippen LogP contribution in [-0.4, -0.2) is 18.4 Å². The lowest BCUT2D eigenvalue weighted by Gasteiger charge is -2.22. The van der Waals surface area contributed by atoms with Crippen molar-refractivity contribution in [2.45, 2.75) is 13.5 Å². The fourth-order valence-electron chi connectivity index (χ4n) is 2.07. The summed E-state index contributed by atoms with van der Waals surface area (Å²) in [7, 11) is 0. The van der Waals surface area contributed by atoms with E-state index in [1.165, 1.54) is 17.9 Å². The Balaban J connectivity index is 2.03. The Morgan fingerprint density at radius 1 is 1.00 bits per heavy atom. The molecule has 0 saturated carbocycles. The predicted octanol–water partition coefficient (Wildman–Crippen LogP) is 4.32. The molecule has 0 aliphatic heterocycles. The molecule has 2 aromatic rings. The highest BCUT2D eigenvalue weighted by atomic mass is 35.5. The van der Waals surface area contributed by atoms with Gasteiger partial charge in [-0.2, -0.15) is 0 Å². The van der Waals surface area contributed by atoms with E-state index in [4.69, 9.17) is 34.8 Å². The molecule has 0 spiro atoms. The van der Waals surface area contributed by atoms with Crippen molar-refractivity contribution in [2.24, 2.45) is 0 Å². The van der Waals surface area contributed by atoms with Gasteiger partial charge in [0.2, 0.25) is 11.8 Å². The second-order valence-electron chi connectivity index (χ2n) is 5.10. The van der Waals surface area contributed by atoms with E-state index in [0.717, 1.165) is 5.56 Å². The van der Waals surface area contributed by atoms with Crippen molar-refractivity contribution >= 4 is 52.3 Å². The molecule has 2 rings (SSSR count). The maximum absolute atomic E-state index is 12.1. The Kier molecular flexibility index (Phi) is 6.49. The van der Waals surface area contributed by atoms with Gasteiger partial charge in [-0.25, -0.2) is 0 Å². The molecule has 2 amide bonds. The summed E-state index contributed by atoms with van der Waals surface area (Å²) in [6, 6.07) is 11.9. The molecule has 0 bridgehead atoms. The zero-order chi connectivity index (χ0) is 17.7. The summed E-state index contributed by atoms with van der Waals surface area (Å²) in [6.07, 6.45) is 0. The average Bonchev–Trinajstić information content (AvgIpc) is 2.52. The molecule has 0 unspecified atom stereocenters. The molecular weight excluding hydrogens is 371 g/mol. The van der Waals surface area contributed by atoms with Gasteiger partial charge in [0, 0.05) is 23.5 Å². The minimum absolute atomic E-state index is 0.135. The third-order valence-corrected chi connectivity index (χ3v) is 4.08. The van der Waals surface area contributed by atoms with Gasteiger partial charge in [-0.05, 0) is 35.9 Å². The lowest BCUT2D eigenvalue weighted by atomic mass is 10.2. The number of carbonyl (C=O) groups excluding carboxylic acids is 2. The lowest BCUT2D eigenvalue weighted by molar-refractivity contribution is -0.123. The molecule has 0 aliphatic carbocycles. The monoisotopic (exact) mass is 384 g/mol. The number of rotatable bonds is 5. The molecule has 0 saturated heterocycles. The molecule has 2 aromatic carbocycles. The third-order valence-electron chi connectivity index (χ3n) is 3.29. The number of amides is 2. The third kappa shape index (κ3) is 5.13. The van der Waals surface area contributed by atoms with Crippen molar-refractivity contribution in [3.8, 4) is 0 Å². The van der Waals surface area contributed by atoms with Crippen molar-refractivity contribution in [1.29, 1.82) is 0 Å². The smallest absolute Gasteiger partial charge is 0.240 e. The molecule has 24 heavy (non-hydrogen) atoms. The van der Waals surface area contributed by atoms with Crippen LogP contribution >= 0.6 is 34.8 Å². The molecular formula is C17H15Cl3N2O2. The number of hydrogen-bond acceptors (Lipinski definition) is 2. The number of nitrogens with zero attached hydrogens (tertiary/aromatic N) is 1. The van der Waals surface area contributed by atoms with Crippen LogP contribution in [0.25, 0.3) is 0 Å². The van der Waals surface area contributed by atoms with Gasteiger partial charge < -0.3 is 10.2 Å². The topological polar surface area (TPSA) is 49.4 Å². The van der Waals surface area contributed by atoms with E-state index in [-0.39, 0.29) is 18.4 Å². The normalized spacial score (nSPS) is 10.3. The van der Waals surface area contributed by atoms with Crippen LogP contribution in [0.2, 0.25) is 15.1 Å². The number of benzene rings is 2. The van der Waals surface area contributed by atoms with Crippen LogP contribution in [0.5, 0.6) is 0 Å². The van der Waals surface area contributed by atoms with E-state index in [0.29, 0.717) is 27.3 Å². The molecule has 0 aromatic heterocycles. The molecule has 0 aliphatic rings. The molecule has 0 atom stereocenters. The minimum Gasteiger partial charge on any atom is -0.350 e. The quantitative estimate of drug-likeness (QED) is 0.833. The summed E-state index contributed by atoms with van der Waals surface area (Å²) >= 11 is 17.8. The Labute approximate surface area is 155 Å². The maximum atomic E-state index is 12.1. The van der Waals surface area contributed by atoms with E-state index in [1.54, 1.807) is 24.3 Å². The first-order chi connectivity index (χ1) is 11.4. The predicted molar refractivity (Wildman–Crippen MR) is 97.8 cm³/mol. The molecule has 1 N–H and O–H groups in total. The Morgan fingerprint density at radius 3 is 2.21 bits per heavy atom. The number of halogens is 3. The van der Waals surface area contributed by atoms with E-state index >= 15 is 0 Å². The number of nitrogens with one attached hydrogen (secondary N) is 1. The molecule has 0 heterocycles. The van der Waals surface area contributed by atoms with E-state index in [1.807, 2.05) is 12.1 Å². The molecule has 4 nitrogen and oxygen atoms in total. The highest BCUT2D eigenvalue weighted by Gasteiger charge is 2.18. The maximum Gasteiger partial charge on any atom is 0.240 e. The van der Waals surface area contributed by atoms with Gasteiger partial charge in [-0.15, -0.1) is 0 Å². The first-order valence-corrected chi connectivity index (χ1v) is 8.24. The van der Waals surface area contributed by atoms with Crippen LogP contribution in [-0.2, 0) is 16.1 Å². The van der Waals surface area contributed by atoms with Gasteiger partial charge in [0.25, 0.3) is 0 Å². The summed E-state index contributed by atoms with van der Waals surface area (Å²) in [6.45, 7) is 1.58. The van der Waals surface area contributed by atoms with Gasteiger partial charge in [0.1, 0.15) is 6.54 Å². The number of carbonyl (C=O) groups is 2. The van der Waals surface area contributed by atoms with Crippen LogP contribution in [0.1, 0.15) is 12.5 Å². The van der Waals surface area contributed by atoms with Gasteiger partial charge >= 0.3 is 0 Å². The van der Waals surface area contributed by atoms with Crippen LogP contribution in [0, 0.1) is 0 Å². The SMILES string of the molecule is CC(=O)N(CC(=O)NCc1ccc(Cl)cc1)c1ccc(Cl)cc1Cl. The van der Waals surface area contributed by atoms with Crippen LogP contribution in [0.15, 0.2) is 42.5 Å². The summed E-state index contributed by atoms with van der Waals surface area (Å²) in [5.41, 5.74) is 1.35. The lowest BCUT2D eigenvalue weighted by Crippen LogP contribution is -2.39. The van der Waals surface area contributed by atoms with Crippen molar-refractivity contribution in [2.75, 3.05) is 11.4 Å². The van der Waals surface area contributed by atoms with Gasteiger partial charge in [-0.3, -0.25) is 9.59 Å². The summed E-state index contributed by atoms with van der Waals surface area (Å²) < 4.78 is 0. The van der Waals surface area contributed by atoms with E-state index < -0.39 is 0 Å². The fourth-order valence-corrected chi connectivity index (χ4v) is 2.71. The van der Waals surface area contributed by atoms with Gasteiger partial charge in [-0.1, -0.05) is 46.9 Å². The van der Waals surface area contributed by atoms with Crippen LogP contribution in [0.4, 0.5) is 5.69 Å². The average molecular weight is 386 g/mol. The van der Waals surface area contributed by atoms with Crippen LogP contribution < -0.4 is 10.2 Å². The van der Waals surface area contributed by atoms with E-state index in [2.05, 4.69) is 5.32 Å². The molecule has 0 fully saturated rings. The fraction of sp³-hybridized carbons (Fsp3) is 0.176. The van der Waals surface area contributed by atoms with Gasteiger partial charge in [0.15, 0.2) is 0 Å². The van der Waals surface area contributed by atoms with Crippen molar-refractivity contribution in [1.82, 2.24) is 5.32 Å². The molecule has 7 heteroatoms. The summed E-state index contributed by atoms with van der Waals surface area (Å²) in [4.78, 5) is 25.3. The van der Waals surface area contributed by atoms with Gasteiger partial charge in [0.05, 0.1) is 10.7 Å². The first kappa shape index (κ1) is 18.6. The van der Waals surface area contributed by atoms with Crippen molar-refractivity contribution in [3.05, 3.63) is 63.1 Å². The second-order valence-corrected chi connectivity index (χ2v) is 6.38. The van der Waals surface area contributed by atoms with E-state index in [9.17, 15) is 9.59 Å². The molecule has 0 radical (unpaired) electrons. The molecule has 126 valence electrons. The summed E-state index contributed by atoms with van der Waals surface area (Å²) in [5, 5.41) is 4.16.